The number of hydrogen-bond donors (Lipinski definition) is 2. The molecule has 2 rings (SSSR count). The van der Waals surface area contributed by atoms with E-state index in [1.54, 1.807) is 0 Å². The molecule has 0 amide bonds. The highest BCUT2D eigenvalue weighted by Gasteiger charge is 2.29. The summed E-state index contributed by atoms with van der Waals surface area (Å²) in [5, 5.41) is 0. The molecule has 2 nitrogen and oxygen atoms in total. The molecule has 0 bridgehead atoms. The Kier molecular flexibility index (Phi) is 5.62. The lowest BCUT2D eigenvalue weighted by Gasteiger charge is -2.36. The number of rotatable bonds is 5. The van der Waals surface area contributed by atoms with Crippen molar-refractivity contribution in [2.45, 2.75) is 58.9 Å². The van der Waals surface area contributed by atoms with Crippen molar-refractivity contribution in [1.29, 1.82) is 0 Å². The molecule has 1 aliphatic carbocycles. The van der Waals surface area contributed by atoms with Crippen molar-refractivity contribution in [1.82, 2.24) is 5.43 Å². The standard InChI is InChI=1S/C18H30N2/c1-13-4-7-16(8-5-13)9-11-18(20-19)17-10-6-14(2)15(3)12-17/h4-5,7-8,14-15,17-18,20H,6,9-12,19H2,1-3H3. The molecule has 0 aromatic heterocycles. The Balaban J connectivity index is 1.87. The van der Waals surface area contributed by atoms with Gasteiger partial charge in [0, 0.05) is 6.04 Å². The number of aryl methyl sites for hydroxylation is 2. The molecule has 0 heterocycles. The second-order valence-corrected chi connectivity index (χ2v) is 6.83. The van der Waals surface area contributed by atoms with E-state index in [1.807, 2.05) is 0 Å². The van der Waals surface area contributed by atoms with E-state index in [2.05, 4.69) is 50.5 Å². The lowest BCUT2D eigenvalue weighted by molar-refractivity contribution is 0.166. The van der Waals surface area contributed by atoms with Crippen molar-refractivity contribution in [3.63, 3.8) is 0 Å². The van der Waals surface area contributed by atoms with Crippen molar-refractivity contribution in [2.75, 3.05) is 0 Å². The minimum absolute atomic E-state index is 0.464. The van der Waals surface area contributed by atoms with Crippen LogP contribution in [0.1, 0.15) is 50.7 Å². The molecule has 1 aromatic carbocycles. The van der Waals surface area contributed by atoms with E-state index >= 15 is 0 Å². The summed E-state index contributed by atoms with van der Waals surface area (Å²) in [6.45, 7) is 6.92. The third-order valence-corrected chi connectivity index (χ3v) is 5.29. The predicted molar refractivity (Wildman–Crippen MR) is 86.3 cm³/mol. The smallest absolute Gasteiger partial charge is 0.0242 e. The van der Waals surface area contributed by atoms with Crippen LogP contribution in [0.4, 0.5) is 0 Å². The molecule has 0 spiro atoms. The second kappa shape index (κ2) is 7.24. The van der Waals surface area contributed by atoms with Crippen LogP contribution in [0.5, 0.6) is 0 Å². The lowest BCUT2D eigenvalue weighted by atomic mass is 9.72. The van der Waals surface area contributed by atoms with Gasteiger partial charge >= 0.3 is 0 Å². The van der Waals surface area contributed by atoms with Crippen molar-refractivity contribution >= 4 is 0 Å². The van der Waals surface area contributed by atoms with Crippen LogP contribution in [-0.4, -0.2) is 6.04 Å². The normalized spacial score (nSPS) is 28.3. The maximum Gasteiger partial charge on any atom is 0.0242 e. The first-order valence-electron chi connectivity index (χ1n) is 8.11. The molecule has 4 unspecified atom stereocenters. The zero-order valence-corrected chi connectivity index (χ0v) is 13.2. The monoisotopic (exact) mass is 274 g/mol. The van der Waals surface area contributed by atoms with Gasteiger partial charge in [-0.05, 0) is 55.9 Å². The molecule has 3 N–H and O–H groups in total. The third-order valence-electron chi connectivity index (χ3n) is 5.29. The van der Waals surface area contributed by atoms with E-state index in [0.717, 1.165) is 30.6 Å². The molecular weight excluding hydrogens is 244 g/mol. The summed E-state index contributed by atoms with van der Waals surface area (Å²) in [5.74, 6) is 8.28. The molecule has 1 aliphatic rings. The van der Waals surface area contributed by atoms with Gasteiger partial charge in [0.05, 0.1) is 0 Å². The van der Waals surface area contributed by atoms with E-state index in [4.69, 9.17) is 5.84 Å². The summed E-state index contributed by atoms with van der Waals surface area (Å²) in [6.07, 6.45) is 6.27. The molecule has 1 saturated carbocycles. The maximum atomic E-state index is 5.82. The fraction of sp³-hybridized carbons (Fsp3) is 0.667. The zero-order valence-electron chi connectivity index (χ0n) is 13.2. The van der Waals surface area contributed by atoms with Crippen LogP contribution in [0, 0.1) is 24.7 Å². The molecule has 4 atom stereocenters. The summed E-state index contributed by atoms with van der Waals surface area (Å²) in [6, 6.07) is 9.35. The molecule has 20 heavy (non-hydrogen) atoms. The van der Waals surface area contributed by atoms with Crippen LogP contribution in [0.15, 0.2) is 24.3 Å². The van der Waals surface area contributed by atoms with Gasteiger partial charge in [-0.15, -0.1) is 0 Å². The molecule has 1 aromatic rings. The van der Waals surface area contributed by atoms with E-state index < -0.39 is 0 Å². The van der Waals surface area contributed by atoms with Crippen LogP contribution >= 0.6 is 0 Å². The largest absolute Gasteiger partial charge is 0.271 e. The van der Waals surface area contributed by atoms with Crippen LogP contribution in [0.25, 0.3) is 0 Å². The Morgan fingerprint density at radius 2 is 1.85 bits per heavy atom. The first-order chi connectivity index (χ1) is 9.60. The number of hydrogen-bond acceptors (Lipinski definition) is 2. The summed E-state index contributed by atoms with van der Waals surface area (Å²) < 4.78 is 0. The first kappa shape index (κ1) is 15.5. The average molecular weight is 274 g/mol. The molecule has 0 aliphatic heterocycles. The summed E-state index contributed by atoms with van der Waals surface area (Å²) in [5.41, 5.74) is 5.84. The number of nitrogens with two attached hydrogens (primary N) is 1. The van der Waals surface area contributed by atoms with Gasteiger partial charge in [-0.25, -0.2) is 0 Å². The van der Waals surface area contributed by atoms with Gasteiger partial charge in [-0.2, -0.15) is 0 Å². The topological polar surface area (TPSA) is 38.0 Å². The van der Waals surface area contributed by atoms with Crippen molar-refractivity contribution in [3.05, 3.63) is 35.4 Å². The van der Waals surface area contributed by atoms with Gasteiger partial charge in [0.25, 0.3) is 0 Å². The molecule has 2 heteroatoms. The van der Waals surface area contributed by atoms with Crippen LogP contribution in [-0.2, 0) is 6.42 Å². The van der Waals surface area contributed by atoms with Crippen LogP contribution in [0.2, 0.25) is 0 Å². The Morgan fingerprint density at radius 3 is 2.45 bits per heavy atom. The molecule has 0 radical (unpaired) electrons. The van der Waals surface area contributed by atoms with E-state index in [0.29, 0.717) is 6.04 Å². The van der Waals surface area contributed by atoms with Gasteiger partial charge in [0.2, 0.25) is 0 Å². The zero-order chi connectivity index (χ0) is 14.5. The maximum absolute atomic E-state index is 5.82. The molecule has 112 valence electrons. The number of hydrazine groups is 1. The van der Waals surface area contributed by atoms with Crippen LogP contribution in [0.3, 0.4) is 0 Å². The van der Waals surface area contributed by atoms with Crippen molar-refractivity contribution in [2.24, 2.45) is 23.6 Å². The highest BCUT2D eigenvalue weighted by Crippen LogP contribution is 2.35. The van der Waals surface area contributed by atoms with Gasteiger partial charge in [-0.1, -0.05) is 50.1 Å². The fourth-order valence-corrected chi connectivity index (χ4v) is 3.49. The Hall–Kier alpha value is -0.860. The fourth-order valence-electron chi connectivity index (χ4n) is 3.49. The third kappa shape index (κ3) is 4.07. The van der Waals surface area contributed by atoms with E-state index in [9.17, 15) is 0 Å². The summed E-state index contributed by atoms with van der Waals surface area (Å²) >= 11 is 0. The molecule has 0 saturated heterocycles. The highest BCUT2D eigenvalue weighted by atomic mass is 15.2. The van der Waals surface area contributed by atoms with Crippen molar-refractivity contribution < 1.29 is 0 Å². The first-order valence-corrected chi connectivity index (χ1v) is 8.11. The van der Waals surface area contributed by atoms with E-state index in [1.165, 1.54) is 30.4 Å². The predicted octanol–water partition coefficient (Wildman–Crippen LogP) is 3.83. The Bertz CT molecular complexity index is 398. The van der Waals surface area contributed by atoms with Crippen molar-refractivity contribution in [3.8, 4) is 0 Å². The SMILES string of the molecule is Cc1ccc(CCC(NN)C2CCC(C)C(C)C2)cc1. The highest BCUT2D eigenvalue weighted by molar-refractivity contribution is 5.21. The van der Waals surface area contributed by atoms with Gasteiger partial charge in [0.1, 0.15) is 0 Å². The lowest BCUT2D eigenvalue weighted by Crippen LogP contribution is -2.43. The van der Waals surface area contributed by atoms with Gasteiger partial charge in [-0.3, -0.25) is 11.3 Å². The van der Waals surface area contributed by atoms with Gasteiger partial charge < -0.3 is 0 Å². The second-order valence-electron chi connectivity index (χ2n) is 6.83. The van der Waals surface area contributed by atoms with E-state index in [-0.39, 0.29) is 0 Å². The minimum Gasteiger partial charge on any atom is -0.271 e. The Morgan fingerprint density at radius 1 is 1.15 bits per heavy atom. The van der Waals surface area contributed by atoms with Gasteiger partial charge in [0.15, 0.2) is 0 Å². The Labute approximate surface area is 124 Å². The summed E-state index contributed by atoms with van der Waals surface area (Å²) in [7, 11) is 0. The minimum atomic E-state index is 0.464. The number of nitrogens with one attached hydrogen (secondary N) is 1. The molecular formula is C18H30N2. The average Bonchev–Trinajstić information content (AvgIpc) is 2.45. The number of benzene rings is 1. The summed E-state index contributed by atoms with van der Waals surface area (Å²) in [4.78, 5) is 0. The quantitative estimate of drug-likeness (QED) is 0.632. The molecule has 1 fully saturated rings. The van der Waals surface area contributed by atoms with Crippen LogP contribution < -0.4 is 11.3 Å².